The Morgan fingerprint density at radius 2 is 1.79 bits per heavy atom. The molecule has 0 amide bonds. The molecule has 1 aliphatic carbocycles. The Kier molecular flexibility index (Phi) is 4.13. The summed E-state index contributed by atoms with van der Waals surface area (Å²) in [6.45, 7) is 0.319. The minimum absolute atomic E-state index is 0.00871. The van der Waals surface area contributed by atoms with Gasteiger partial charge in [-0.2, -0.15) is 0 Å². The molecule has 0 aromatic heterocycles. The smallest absolute Gasteiger partial charge is 0.241 e. The summed E-state index contributed by atoms with van der Waals surface area (Å²) in [6.07, 6.45) is 5.20. The van der Waals surface area contributed by atoms with Crippen molar-refractivity contribution in [3.8, 4) is 5.75 Å². The highest BCUT2D eigenvalue weighted by Gasteiger charge is 2.29. The molecule has 0 spiro atoms. The number of rotatable bonds is 4. The van der Waals surface area contributed by atoms with Crippen molar-refractivity contribution in [2.45, 2.75) is 42.5 Å². The molecule has 0 bridgehead atoms. The molecular formula is C13H20N2O3S. The van der Waals surface area contributed by atoms with Gasteiger partial charge in [0, 0.05) is 0 Å². The first-order valence-corrected chi connectivity index (χ1v) is 7.99. The summed E-state index contributed by atoms with van der Waals surface area (Å²) in [4.78, 5) is 0.00871. The van der Waals surface area contributed by atoms with Gasteiger partial charge in [-0.05, 0) is 25.0 Å². The van der Waals surface area contributed by atoms with Crippen molar-refractivity contribution in [2.24, 2.45) is 10.9 Å². The Bertz CT molecular complexity index is 537. The molecule has 0 atom stereocenters. The second-order valence-electron chi connectivity index (χ2n) is 5.20. The molecule has 1 aliphatic rings. The summed E-state index contributed by atoms with van der Waals surface area (Å²) in [7, 11) is -3.77. The molecule has 4 N–H and O–H groups in total. The molecule has 0 aliphatic heterocycles. The molecule has 0 radical (unpaired) electrons. The minimum atomic E-state index is -3.77. The van der Waals surface area contributed by atoms with Crippen LogP contribution in [0.4, 0.5) is 0 Å². The van der Waals surface area contributed by atoms with E-state index in [1.54, 1.807) is 18.2 Å². The highest BCUT2D eigenvalue weighted by Crippen LogP contribution is 2.28. The lowest BCUT2D eigenvalue weighted by Gasteiger charge is -2.33. The highest BCUT2D eigenvalue weighted by atomic mass is 32.2. The van der Waals surface area contributed by atoms with Gasteiger partial charge in [0.15, 0.2) is 0 Å². The van der Waals surface area contributed by atoms with Crippen LogP contribution < -0.4 is 15.6 Å². The van der Waals surface area contributed by atoms with Crippen molar-refractivity contribution in [1.29, 1.82) is 0 Å². The molecule has 0 unspecified atom stereocenters. The Labute approximate surface area is 114 Å². The molecule has 1 saturated carbocycles. The first-order valence-electron chi connectivity index (χ1n) is 6.44. The van der Waals surface area contributed by atoms with Crippen LogP contribution in [0.1, 0.15) is 32.1 Å². The van der Waals surface area contributed by atoms with Gasteiger partial charge in [-0.1, -0.05) is 31.4 Å². The zero-order valence-electron chi connectivity index (χ0n) is 10.8. The quantitative estimate of drug-likeness (QED) is 0.873. The van der Waals surface area contributed by atoms with E-state index >= 15 is 0 Å². The fourth-order valence-corrected chi connectivity index (χ4v) is 3.10. The average molecular weight is 284 g/mol. The van der Waals surface area contributed by atoms with E-state index in [9.17, 15) is 8.42 Å². The van der Waals surface area contributed by atoms with E-state index in [1.807, 2.05) is 0 Å². The van der Waals surface area contributed by atoms with E-state index in [-0.39, 0.29) is 16.2 Å². The fourth-order valence-electron chi connectivity index (χ4n) is 2.43. The predicted octanol–water partition coefficient (Wildman–Crippen LogP) is 1.37. The number of benzene rings is 1. The maximum Gasteiger partial charge on any atom is 0.241 e. The molecule has 5 nitrogen and oxygen atoms in total. The molecule has 1 aromatic carbocycles. The van der Waals surface area contributed by atoms with Gasteiger partial charge >= 0.3 is 0 Å². The van der Waals surface area contributed by atoms with Gasteiger partial charge < -0.3 is 10.5 Å². The number of nitrogens with two attached hydrogens (primary N) is 2. The number of ether oxygens (including phenoxy) is 1. The second-order valence-corrected chi connectivity index (χ2v) is 6.73. The fraction of sp³-hybridized carbons (Fsp3) is 0.538. The van der Waals surface area contributed by atoms with Crippen LogP contribution in [0.2, 0.25) is 0 Å². The number of primary sulfonamides is 1. The Balaban J connectivity index is 2.12. The van der Waals surface area contributed by atoms with E-state index in [1.165, 1.54) is 12.5 Å². The molecule has 19 heavy (non-hydrogen) atoms. The van der Waals surface area contributed by atoms with Crippen molar-refractivity contribution in [1.82, 2.24) is 0 Å². The summed E-state index contributed by atoms with van der Waals surface area (Å²) < 4.78 is 28.5. The van der Waals surface area contributed by atoms with E-state index < -0.39 is 10.0 Å². The summed E-state index contributed by atoms with van der Waals surface area (Å²) in [5.74, 6) is 0.278. The minimum Gasteiger partial charge on any atom is -0.490 e. The van der Waals surface area contributed by atoms with Crippen molar-refractivity contribution in [3.05, 3.63) is 24.3 Å². The van der Waals surface area contributed by atoms with Crippen LogP contribution in [0.25, 0.3) is 0 Å². The molecule has 0 heterocycles. The molecule has 106 valence electrons. The Morgan fingerprint density at radius 3 is 2.42 bits per heavy atom. The maximum absolute atomic E-state index is 11.5. The average Bonchev–Trinajstić information content (AvgIpc) is 2.37. The number of sulfonamides is 1. The molecule has 2 rings (SSSR count). The lowest BCUT2D eigenvalue weighted by Crippen LogP contribution is -2.47. The summed E-state index contributed by atoms with van der Waals surface area (Å²) in [6, 6.07) is 6.38. The van der Waals surface area contributed by atoms with Crippen molar-refractivity contribution < 1.29 is 13.2 Å². The molecule has 1 aromatic rings. The van der Waals surface area contributed by atoms with E-state index in [4.69, 9.17) is 15.6 Å². The third-order valence-electron chi connectivity index (χ3n) is 3.52. The van der Waals surface area contributed by atoms with Crippen LogP contribution in [0.5, 0.6) is 5.75 Å². The second kappa shape index (κ2) is 5.48. The number of hydrogen-bond acceptors (Lipinski definition) is 4. The number of hydrogen-bond donors (Lipinski definition) is 2. The lowest BCUT2D eigenvalue weighted by atomic mass is 9.83. The van der Waals surface area contributed by atoms with Crippen molar-refractivity contribution in [3.63, 3.8) is 0 Å². The molecule has 6 heteroatoms. The first kappa shape index (κ1) is 14.3. The van der Waals surface area contributed by atoms with E-state index in [0.29, 0.717) is 6.61 Å². The van der Waals surface area contributed by atoms with Crippen LogP contribution >= 0.6 is 0 Å². The van der Waals surface area contributed by atoms with E-state index in [2.05, 4.69) is 0 Å². The van der Waals surface area contributed by atoms with Gasteiger partial charge in [-0.3, -0.25) is 0 Å². The third kappa shape index (κ3) is 3.68. The maximum atomic E-state index is 11.5. The molecule has 0 saturated heterocycles. The summed E-state index contributed by atoms with van der Waals surface area (Å²) in [5.41, 5.74) is 5.90. The van der Waals surface area contributed by atoms with Crippen molar-refractivity contribution in [2.75, 3.05) is 6.61 Å². The standard InChI is InChI=1S/C13H20N2O3S/c14-13(8-4-1-5-9-13)10-18-11-6-2-3-7-12(11)19(15,16)17/h2-3,6-7H,1,4-5,8-10,14H2,(H2,15,16,17). The lowest BCUT2D eigenvalue weighted by molar-refractivity contribution is 0.171. The predicted molar refractivity (Wildman–Crippen MR) is 73.3 cm³/mol. The van der Waals surface area contributed by atoms with Crippen LogP contribution in [-0.2, 0) is 10.0 Å². The van der Waals surface area contributed by atoms with Gasteiger partial charge in [0.2, 0.25) is 10.0 Å². The first-order chi connectivity index (χ1) is 8.91. The van der Waals surface area contributed by atoms with Gasteiger partial charge in [0.1, 0.15) is 17.3 Å². The highest BCUT2D eigenvalue weighted by molar-refractivity contribution is 7.89. The van der Waals surface area contributed by atoms with Gasteiger partial charge in [-0.25, -0.2) is 13.6 Å². The zero-order valence-corrected chi connectivity index (χ0v) is 11.7. The van der Waals surface area contributed by atoms with Crippen LogP contribution in [0.15, 0.2) is 29.2 Å². The zero-order chi connectivity index (χ0) is 13.9. The van der Waals surface area contributed by atoms with Crippen molar-refractivity contribution >= 4 is 10.0 Å². The normalized spacial score (nSPS) is 19.1. The molecular weight excluding hydrogens is 264 g/mol. The Hall–Kier alpha value is -1.11. The topological polar surface area (TPSA) is 95.4 Å². The van der Waals surface area contributed by atoms with Crippen LogP contribution in [0, 0.1) is 0 Å². The van der Waals surface area contributed by atoms with Crippen LogP contribution in [-0.4, -0.2) is 20.6 Å². The summed E-state index contributed by atoms with van der Waals surface area (Å²) in [5, 5.41) is 5.16. The van der Waals surface area contributed by atoms with Gasteiger partial charge in [0.05, 0.1) is 5.54 Å². The van der Waals surface area contributed by atoms with Gasteiger partial charge in [-0.15, -0.1) is 0 Å². The van der Waals surface area contributed by atoms with Gasteiger partial charge in [0.25, 0.3) is 0 Å². The summed E-state index contributed by atoms with van der Waals surface area (Å²) >= 11 is 0. The third-order valence-corrected chi connectivity index (χ3v) is 4.47. The number of para-hydroxylation sites is 1. The largest absolute Gasteiger partial charge is 0.490 e. The van der Waals surface area contributed by atoms with Crippen LogP contribution in [0.3, 0.4) is 0 Å². The monoisotopic (exact) mass is 284 g/mol. The molecule has 1 fully saturated rings. The Morgan fingerprint density at radius 1 is 1.16 bits per heavy atom. The van der Waals surface area contributed by atoms with E-state index in [0.717, 1.165) is 25.7 Å². The SMILES string of the molecule is NC1(COc2ccccc2S(N)(=O)=O)CCCCC1.